The summed E-state index contributed by atoms with van der Waals surface area (Å²) in [6.07, 6.45) is 6.71. The average Bonchev–Trinajstić information content (AvgIpc) is 2.23. The van der Waals surface area contributed by atoms with Crippen molar-refractivity contribution in [3.63, 3.8) is 0 Å². The normalized spacial score (nSPS) is 22.9. The Morgan fingerprint density at radius 3 is 2.24 bits per heavy atom. The van der Waals surface area contributed by atoms with Crippen LogP contribution in [0, 0.1) is 11.3 Å². The summed E-state index contributed by atoms with van der Waals surface area (Å²) in [5, 5.41) is 13.9. The van der Waals surface area contributed by atoms with Crippen LogP contribution < -0.4 is 5.32 Å². The zero-order valence-corrected chi connectivity index (χ0v) is 12.2. The fourth-order valence-electron chi connectivity index (χ4n) is 2.53. The Hall–Kier alpha value is -0.0800. The third kappa shape index (κ3) is 5.87. The molecule has 1 fully saturated rings. The Balaban J connectivity index is 2.14. The highest BCUT2D eigenvalue weighted by Gasteiger charge is 2.36. The molecule has 1 aliphatic rings. The number of hydrogen-bond acceptors (Lipinski definition) is 2. The molecule has 17 heavy (non-hydrogen) atoms. The minimum absolute atomic E-state index is 0.434. The molecule has 2 N–H and O–H groups in total. The average molecular weight is 241 g/mol. The predicted octanol–water partition coefficient (Wildman–Crippen LogP) is 3.34. The van der Waals surface area contributed by atoms with Crippen LogP contribution in [0.1, 0.15) is 66.2 Å². The van der Waals surface area contributed by atoms with Gasteiger partial charge < -0.3 is 10.4 Å². The summed E-state index contributed by atoms with van der Waals surface area (Å²) in [5.41, 5.74) is -0.00275. The van der Waals surface area contributed by atoms with Crippen molar-refractivity contribution in [1.29, 1.82) is 0 Å². The van der Waals surface area contributed by atoms with Crippen LogP contribution in [-0.4, -0.2) is 23.8 Å². The molecule has 0 saturated heterocycles. The Labute approximate surface area is 107 Å². The fraction of sp³-hybridized carbons (Fsp3) is 1.00. The van der Waals surface area contributed by atoms with Gasteiger partial charge in [0.15, 0.2) is 0 Å². The Morgan fingerprint density at radius 2 is 1.71 bits per heavy atom. The van der Waals surface area contributed by atoms with Gasteiger partial charge in [0.05, 0.1) is 5.60 Å². The minimum atomic E-state index is -0.437. The summed E-state index contributed by atoms with van der Waals surface area (Å²) in [6.45, 7) is 11.0. The van der Waals surface area contributed by atoms with Crippen molar-refractivity contribution in [3.8, 4) is 0 Å². The molecule has 0 radical (unpaired) electrons. The maximum atomic E-state index is 10.4. The second-order valence-electron chi connectivity index (χ2n) is 7.10. The van der Waals surface area contributed by atoms with Crippen molar-refractivity contribution in [1.82, 2.24) is 5.32 Å². The van der Waals surface area contributed by atoms with E-state index in [1.54, 1.807) is 0 Å². The molecule has 0 spiro atoms. The number of hydrogen-bond donors (Lipinski definition) is 2. The zero-order valence-electron chi connectivity index (χ0n) is 12.2. The Kier molecular flexibility index (Phi) is 5.46. The lowest BCUT2D eigenvalue weighted by Gasteiger charge is -2.40. The van der Waals surface area contributed by atoms with Crippen LogP contribution in [0.2, 0.25) is 0 Å². The van der Waals surface area contributed by atoms with E-state index < -0.39 is 5.60 Å². The molecule has 0 aromatic carbocycles. The minimum Gasteiger partial charge on any atom is -0.389 e. The molecule has 1 rings (SSSR count). The van der Waals surface area contributed by atoms with Gasteiger partial charge in [-0.15, -0.1) is 0 Å². The molecule has 2 nitrogen and oxygen atoms in total. The van der Waals surface area contributed by atoms with Gasteiger partial charge in [0.25, 0.3) is 0 Å². The molecule has 0 aromatic heterocycles. The van der Waals surface area contributed by atoms with E-state index in [1.807, 2.05) is 0 Å². The highest BCUT2D eigenvalue weighted by atomic mass is 16.3. The number of nitrogens with one attached hydrogen (secondary N) is 1. The summed E-state index contributed by atoms with van der Waals surface area (Å²) < 4.78 is 0. The summed E-state index contributed by atoms with van der Waals surface area (Å²) in [5.74, 6) is 0.787. The monoisotopic (exact) mass is 241 g/mol. The Bertz CT molecular complexity index is 213. The van der Waals surface area contributed by atoms with Crippen LogP contribution in [0.4, 0.5) is 0 Å². The van der Waals surface area contributed by atoms with Crippen LogP contribution in [0.5, 0.6) is 0 Å². The van der Waals surface area contributed by atoms with E-state index in [9.17, 15) is 5.11 Å². The maximum Gasteiger partial charge on any atom is 0.0772 e. The van der Waals surface area contributed by atoms with E-state index in [0.717, 1.165) is 44.7 Å². The lowest BCUT2D eigenvalue weighted by atomic mass is 9.71. The van der Waals surface area contributed by atoms with Crippen molar-refractivity contribution in [2.45, 2.75) is 71.8 Å². The van der Waals surface area contributed by atoms with Gasteiger partial charge >= 0.3 is 0 Å². The molecule has 0 atom stereocenters. The van der Waals surface area contributed by atoms with Crippen molar-refractivity contribution in [3.05, 3.63) is 0 Å². The number of rotatable bonds is 6. The molecule has 0 bridgehead atoms. The molecule has 0 aliphatic heterocycles. The first kappa shape index (κ1) is 15.0. The molecule has 1 aliphatic carbocycles. The predicted molar refractivity (Wildman–Crippen MR) is 74.1 cm³/mol. The molecule has 0 aromatic rings. The lowest BCUT2D eigenvalue weighted by Crippen LogP contribution is -2.45. The van der Waals surface area contributed by atoms with Gasteiger partial charge in [-0.1, -0.05) is 27.7 Å². The van der Waals surface area contributed by atoms with Crippen LogP contribution in [0.3, 0.4) is 0 Å². The van der Waals surface area contributed by atoms with Gasteiger partial charge in [-0.25, -0.2) is 0 Å². The third-order valence-electron chi connectivity index (χ3n) is 4.12. The first-order chi connectivity index (χ1) is 7.83. The van der Waals surface area contributed by atoms with Gasteiger partial charge in [0.2, 0.25) is 0 Å². The highest BCUT2D eigenvalue weighted by Crippen LogP contribution is 2.39. The van der Waals surface area contributed by atoms with Crippen molar-refractivity contribution in [2.75, 3.05) is 13.1 Å². The molecule has 0 amide bonds. The molecular weight excluding hydrogens is 210 g/mol. The summed E-state index contributed by atoms with van der Waals surface area (Å²) >= 11 is 0. The van der Waals surface area contributed by atoms with Crippen LogP contribution in [0.15, 0.2) is 0 Å². The van der Waals surface area contributed by atoms with Gasteiger partial charge in [-0.05, 0) is 56.4 Å². The Morgan fingerprint density at radius 1 is 1.12 bits per heavy atom. The second kappa shape index (κ2) is 6.19. The fourth-order valence-corrected chi connectivity index (χ4v) is 2.53. The largest absolute Gasteiger partial charge is 0.389 e. The van der Waals surface area contributed by atoms with Crippen LogP contribution in [-0.2, 0) is 0 Å². The quantitative estimate of drug-likeness (QED) is 0.699. The second-order valence-corrected chi connectivity index (χ2v) is 7.10. The van der Waals surface area contributed by atoms with Gasteiger partial charge in [-0.3, -0.25) is 0 Å². The van der Waals surface area contributed by atoms with Gasteiger partial charge in [0, 0.05) is 6.54 Å². The van der Waals surface area contributed by atoms with E-state index in [-0.39, 0.29) is 0 Å². The summed E-state index contributed by atoms with van der Waals surface area (Å²) in [7, 11) is 0. The van der Waals surface area contributed by atoms with E-state index in [2.05, 4.69) is 33.0 Å². The van der Waals surface area contributed by atoms with Gasteiger partial charge in [-0.2, -0.15) is 0 Å². The van der Waals surface area contributed by atoms with Crippen molar-refractivity contribution >= 4 is 0 Å². The standard InChI is InChI=1S/C15H31NO/c1-13(2)6-5-11-16-12-15(17)9-7-14(3,4)8-10-15/h13,16-17H,5-12H2,1-4H3. The van der Waals surface area contributed by atoms with Gasteiger partial charge in [0.1, 0.15) is 0 Å². The summed E-state index contributed by atoms with van der Waals surface area (Å²) in [4.78, 5) is 0. The van der Waals surface area contributed by atoms with Crippen molar-refractivity contribution < 1.29 is 5.11 Å². The maximum absolute atomic E-state index is 10.4. The molecule has 2 heteroatoms. The van der Waals surface area contributed by atoms with Crippen LogP contribution in [0.25, 0.3) is 0 Å². The van der Waals surface area contributed by atoms with Crippen LogP contribution >= 0.6 is 0 Å². The molecular formula is C15H31NO. The topological polar surface area (TPSA) is 32.3 Å². The highest BCUT2D eigenvalue weighted by molar-refractivity contribution is 4.90. The zero-order chi connectivity index (χ0) is 12.9. The molecule has 0 heterocycles. The van der Waals surface area contributed by atoms with E-state index in [1.165, 1.54) is 12.8 Å². The van der Waals surface area contributed by atoms with E-state index in [4.69, 9.17) is 0 Å². The smallest absolute Gasteiger partial charge is 0.0772 e. The third-order valence-corrected chi connectivity index (χ3v) is 4.12. The van der Waals surface area contributed by atoms with E-state index in [0.29, 0.717) is 5.41 Å². The number of aliphatic hydroxyl groups is 1. The SMILES string of the molecule is CC(C)CCCNCC1(O)CCC(C)(C)CC1. The molecule has 1 saturated carbocycles. The molecule has 0 unspecified atom stereocenters. The first-order valence-corrected chi connectivity index (χ1v) is 7.26. The molecule has 102 valence electrons. The summed E-state index contributed by atoms with van der Waals surface area (Å²) in [6, 6.07) is 0. The van der Waals surface area contributed by atoms with E-state index >= 15 is 0 Å². The lowest BCUT2D eigenvalue weighted by molar-refractivity contribution is -0.0242. The van der Waals surface area contributed by atoms with Crippen molar-refractivity contribution in [2.24, 2.45) is 11.3 Å². The first-order valence-electron chi connectivity index (χ1n) is 7.26.